The monoisotopic (exact) mass is 498 g/mol. The highest BCUT2D eigenvalue weighted by Gasteiger charge is 2.46. The minimum absolute atomic E-state index is 0.0140. The van der Waals surface area contributed by atoms with Gasteiger partial charge in [0.2, 0.25) is 5.78 Å². The summed E-state index contributed by atoms with van der Waals surface area (Å²) < 4.78 is 39.3. The normalized spacial score (nSPS) is 25.8. The van der Waals surface area contributed by atoms with Crippen molar-refractivity contribution < 1.29 is 28.2 Å². The zero-order chi connectivity index (χ0) is 25.4. The van der Waals surface area contributed by atoms with E-state index in [0.717, 1.165) is 29.8 Å². The zero-order valence-corrected chi connectivity index (χ0v) is 20.3. The maximum Gasteiger partial charge on any atom is 0.387 e. The van der Waals surface area contributed by atoms with Crippen LogP contribution < -0.4 is 4.74 Å². The number of carbonyl (C=O) groups is 1. The second kappa shape index (κ2) is 8.21. The molecule has 1 saturated heterocycles. The van der Waals surface area contributed by atoms with Crippen LogP contribution in [0.4, 0.5) is 8.78 Å². The lowest BCUT2D eigenvalue weighted by atomic mass is 9.88. The van der Waals surface area contributed by atoms with Gasteiger partial charge in [0.05, 0.1) is 35.7 Å². The van der Waals surface area contributed by atoms with Crippen molar-refractivity contribution in [3.05, 3.63) is 58.7 Å². The molecule has 0 radical (unpaired) electrons. The third-order valence-corrected chi connectivity index (χ3v) is 7.85. The number of fused-ring (bicyclic) bond motifs is 9. The molecule has 0 saturated carbocycles. The number of aliphatic hydroxyl groups is 1. The van der Waals surface area contributed by atoms with Gasteiger partial charge in [-0.1, -0.05) is 6.07 Å². The summed E-state index contributed by atoms with van der Waals surface area (Å²) in [7, 11) is 1.72. The molecule has 10 heteroatoms. The van der Waals surface area contributed by atoms with Crippen LogP contribution in [0.15, 0.2) is 30.6 Å². The number of carbonyl (C=O) groups excluding carboxylic acids is 1. The molecule has 1 N–H and O–H groups in total. The molecule has 190 valence electrons. The third kappa shape index (κ3) is 3.57. The van der Waals surface area contributed by atoms with Gasteiger partial charge in [0, 0.05) is 42.4 Å². The third-order valence-electron chi connectivity index (χ3n) is 7.85. The maximum atomic E-state index is 13.3. The minimum atomic E-state index is -3.00. The van der Waals surface area contributed by atoms with Gasteiger partial charge in [0.25, 0.3) is 5.91 Å². The van der Waals surface area contributed by atoms with Gasteiger partial charge >= 0.3 is 6.61 Å². The smallest absolute Gasteiger partial charge is 0.387 e. The average Bonchev–Trinajstić information content (AvgIpc) is 3.36. The number of imidazole rings is 1. The highest BCUT2D eigenvalue weighted by Crippen LogP contribution is 2.52. The molecule has 1 amide bonds. The Morgan fingerprint density at radius 1 is 1.28 bits per heavy atom. The van der Waals surface area contributed by atoms with E-state index < -0.39 is 12.2 Å². The molecule has 1 aromatic carbocycles. The number of hydrogen-bond donors (Lipinski definition) is 1. The quantitative estimate of drug-likeness (QED) is 0.585. The number of benzene rings is 1. The van der Waals surface area contributed by atoms with Crippen molar-refractivity contribution >= 4 is 11.7 Å². The molecular weight excluding hydrogens is 470 g/mol. The van der Waals surface area contributed by atoms with Gasteiger partial charge in [-0.05, 0) is 50.8 Å². The number of aromatic nitrogens is 3. The Labute approximate surface area is 206 Å². The number of amides is 1. The first-order chi connectivity index (χ1) is 17.1. The van der Waals surface area contributed by atoms with Gasteiger partial charge in [0.15, 0.2) is 0 Å². The van der Waals surface area contributed by atoms with Crippen molar-refractivity contribution in [3.8, 4) is 5.75 Å². The molecule has 8 nitrogen and oxygen atoms in total. The second-order valence-electron chi connectivity index (χ2n) is 10.5. The molecule has 1 aliphatic carbocycles. The van der Waals surface area contributed by atoms with Crippen molar-refractivity contribution in [2.45, 2.75) is 69.3 Å². The summed E-state index contributed by atoms with van der Waals surface area (Å²) >= 11 is 0. The molecule has 2 aliphatic heterocycles. The van der Waals surface area contributed by atoms with Crippen LogP contribution in [0.2, 0.25) is 0 Å². The molecule has 2 bridgehead atoms. The van der Waals surface area contributed by atoms with Gasteiger partial charge in [-0.25, -0.2) is 9.97 Å². The van der Waals surface area contributed by atoms with E-state index in [2.05, 4.69) is 4.98 Å². The van der Waals surface area contributed by atoms with Gasteiger partial charge in [-0.15, -0.1) is 0 Å². The van der Waals surface area contributed by atoms with Crippen molar-refractivity contribution in [2.24, 2.45) is 0 Å². The SMILES string of the molecule is CN1C(=O)c2cccc(OC(F)F)c2C2CC1c1nc3ncc(C4CCC(C(C)(C)O)OC4)cn3c12. The molecule has 3 aromatic rings. The van der Waals surface area contributed by atoms with Crippen LogP contribution in [0, 0.1) is 0 Å². The van der Waals surface area contributed by atoms with E-state index in [9.17, 15) is 18.7 Å². The molecular formula is C26H28F2N4O4. The molecule has 4 heterocycles. The highest BCUT2D eigenvalue weighted by molar-refractivity contribution is 5.98. The Kier molecular flexibility index (Phi) is 5.31. The van der Waals surface area contributed by atoms with Crippen LogP contribution in [-0.2, 0) is 4.74 Å². The fraction of sp³-hybridized carbons (Fsp3) is 0.500. The van der Waals surface area contributed by atoms with E-state index in [0.29, 0.717) is 29.9 Å². The fourth-order valence-corrected chi connectivity index (χ4v) is 6.02. The van der Waals surface area contributed by atoms with E-state index >= 15 is 0 Å². The van der Waals surface area contributed by atoms with Gasteiger partial charge in [-0.2, -0.15) is 8.78 Å². The molecule has 36 heavy (non-hydrogen) atoms. The van der Waals surface area contributed by atoms with Gasteiger partial charge < -0.3 is 19.5 Å². The Bertz CT molecular complexity index is 1340. The van der Waals surface area contributed by atoms with Crippen LogP contribution in [-0.4, -0.2) is 62.3 Å². The van der Waals surface area contributed by atoms with Crippen LogP contribution in [0.25, 0.3) is 5.78 Å². The number of hydrogen-bond acceptors (Lipinski definition) is 6. The van der Waals surface area contributed by atoms with Crippen molar-refractivity contribution in [1.29, 1.82) is 0 Å². The number of rotatable bonds is 4. The summed E-state index contributed by atoms with van der Waals surface area (Å²) in [4.78, 5) is 24.3. The summed E-state index contributed by atoms with van der Waals surface area (Å²) in [5, 5.41) is 10.3. The predicted molar refractivity (Wildman–Crippen MR) is 125 cm³/mol. The van der Waals surface area contributed by atoms with Crippen molar-refractivity contribution in [1.82, 2.24) is 19.3 Å². The number of halogens is 2. The Balaban J connectivity index is 1.44. The lowest BCUT2D eigenvalue weighted by Gasteiger charge is -2.36. The molecule has 1 fully saturated rings. The highest BCUT2D eigenvalue weighted by atomic mass is 19.3. The number of alkyl halides is 2. The minimum Gasteiger partial charge on any atom is -0.434 e. The van der Waals surface area contributed by atoms with E-state index in [1.165, 1.54) is 6.07 Å². The van der Waals surface area contributed by atoms with Crippen LogP contribution in [0.1, 0.15) is 83.9 Å². The topological polar surface area (TPSA) is 89.2 Å². The lowest BCUT2D eigenvalue weighted by Crippen LogP contribution is -2.41. The Morgan fingerprint density at radius 2 is 2.08 bits per heavy atom. The Hall–Kier alpha value is -3.11. The first kappa shape index (κ1) is 23.3. The van der Waals surface area contributed by atoms with E-state index in [1.54, 1.807) is 44.1 Å². The van der Waals surface area contributed by atoms with Crippen LogP contribution >= 0.6 is 0 Å². The largest absolute Gasteiger partial charge is 0.434 e. The predicted octanol–water partition coefficient (Wildman–Crippen LogP) is 4.03. The van der Waals surface area contributed by atoms with E-state index in [4.69, 9.17) is 14.5 Å². The summed E-state index contributed by atoms with van der Waals surface area (Å²) in [5.41, 5.74) is 2.51. The average molecular weight is 499 g/mol. The van der Waals surface area contributed by atoms with Gasteiger partial charge in [0.1, 0.15) is 5.75 Å². The molecule has 2 aromatic heterocycles. The first-order valence-electron chi connectivity index (χ1n) is 12.2. The summed E-state index contributed by atoms with van der Waals surface area (Å²) in [6.45, 7) is 0.981. The zero-order valence-electron chi connectivity index (χ0n) is 20.3. The van der Waals surface area contributed by atoms with Crippen LogP contribution in [0.3, 0.4) is 0 Å². The molecule has 4 atom stereocenters. The van der Waals surface area contributed by atoms with Crippen LogP contribution in [0.5, 0.6) is 5.75 Å². The molecule has 0 spiro atoms. The number of ether oxygens (including phenoxy) is 2. The summed E-state index contributed by atoms with van der Waals surface area (Å²) in [6, 6.07) is 4.43. The molecule has 6 rings (SSSR count). The van der Waals surface area contributed by atoms with Gasteiger partial charge in [-0.3, -0.25) is 9.20 Å². The van der Waals surface area contributed by atoms with E-state index in [1.807, 2.05) is 10.6 Å². The second-order valence-corrected chi connectivity index (χ2v) is 10.5. The van der Waals surface area contributed by atoms with E-state index in [-0.39, 0.29) is 35.6 Å². The molecule has 4 unspecified atom stereocenters. The fourth-order valence-electron chi connectivity index (χ4n) is 6.02. The standard InChI is InChI=1S/C26H28F2N4O4/c1-26(2,34)19-8-7-13(12-35-19)14-10-29-25-30-21-17-9-16(22(21)32(25)11-14)20-15(23(33)31(17)3)5-4-6-18(20)36-24(27)28/h4-6,10-11,13,16-17,19,24,34H,7-9,12H2,1-3H3. The summed E-state index contributed by atoms with van der Waals surface area (Å²) in [5.74, 6) is 0.0324. The number of nitrogens with zero attached hydrogens (tertiary/aromatic N) is 4. The Morgan fingerprint density at radius 3 is 2.78 bits per heavy atom. The summed E-state index contributed by atoms with van der Waals surface area (Å²) in [6.07, 6.45) is 5.69. The first-order valence-corrected chi connectivity index (χ1v) is 12.2. The molecule has 3 aliphatic rings. The maximum absolute atomic E-state index is 13.3. The van der Waals surface area contributed by atoms with Crippen molar-refractivity contribution in [3.63, 3.8) is 0 Å². The lowest BCUT2D eigenvalue weighted by molar-refractivity contribution is -0.113. The van der Waals surface area contributed by atoms with Crippen molar-refractivity contribution in [2.75, 3.05) is 13.7 Å².